The highest BCUT2D eigenvalue weighted by atomic mass is 127. The largest absolute Gasteiger partial charge is 0.270 e. The number of rotatable bonds is 0. The predicted octanol–water partition coefficient (Wildman–Crippen LogP) is 3.08. The Morgan fingerprint density at radius 1 is 1.42 bits per heavy atom. The molecule has 0 spiro atoms. The van der Waals surface area contributed by atoms with Gasteiger partial charge in [-0.05, 0) is 38.5 Å². The van der Waals surface area contributed by atoms with Gasteiger partial charge in [-0.15, -0.1) is 0 Å². The molecule has 0 saturated heterocycles. The fraction of sp³-hybridized carbons (Fsp3) is 0.625. The van der Waals surface area contributed by atoms with Crippen molar-refractivity contribution < 1.29 is 0 Å². The van der Waals surface area contributed by atoms with Crippen molar-refractivity contribution in [1.29, 1.82) is 0 Å². The summed E-state index contributed by atoms with van der Waals surface area (Å²) < 4.78 is 4.09. The molecule has 0 fully saturated rings. The molecule has 4 heteroatoms. The second-order valence-electron chi connectivity index (χ2n) is 3.83. The van der Waals surface area contributed by atoms with E-state index in [0.29, 0.717) is 0 Å². The smallest absolute Gasteiger partial charge is 0.141 e. The first-order valence-corrected chi connectivity index (χ1v) is 5.59. The maximum atomic E-state index is 4.30. The highest BCUT2D eigenvalue weighted by Crippen LogP contribution is 2.30. The van der Waals surface area contributed by atoms with Crippen LogP contribution >= 0.6 is 38.5 Å². The molecule has 0 N–H and O–H groups in total. The van der Waals surface area contributed by atoms with Crippen LogP contribution in [0.5, 0.6) is 0 Å². The van der Waals surface area contributed by atoms with Gasteiger partial charge in [0.1, 0.15) is 4.60 Å². The van der Waals surface area contributed by atoms with Crippen molar-refractivity contribution in [3.63, 3.8) is 0 Å². The molecule has 2 nitrogen and oxygen atoms in total. The molecule has 0 aliphatic heterocycles. The van der Waals surface area contributed by atoms with Gasteiger partial charge in [-0.2, -0.15) is 5.10 Å². The minimum absolute atomic E-state index is 0.157. The fourth-order valence-electron chi connectivity index (χ4n) is 1.28. The lowest BCUT2D eigenvalue weighted by molar-refractivity contribution is 0.520. The van der Waals surface area contributed by atoms with Crippen LogP contribution in [-0.2, 0) is 12.5 Å². The average molecular weight is 343 g/mol. The maximum Gasteiger partial charge on any atom is 0.141 e. The van der Waals surface area contributed by atoms with Gasteiger partial charge in [-0.1, -0.05) is 20.8 Å². The van der Waals surface area contributed by atoms with Crippen molar-refractivity contribution in [2.75, 3.05) is 0 Å². The average Bonchev–Trinajstić information content (AvgIpc) is 2.05. The molecule has 1 aromatic rings. The molecule has 0 unspecified atom stereocenters. The normalized spacial score (nSPS) is 12.2. The second-order valence-corrected chi connectivity index (χ2v) is 5.66. The van der Waals surface area contributed by atoms with Gasteiger partial charge in [0.15, 0.2) is 0 Å². The van der Waals surface area contributed by atoms with E-state index in [1.807, 2.05) is 11.7 Å². The third kappa shape index (κ3) is 1.84. The lowest BCUT2D eigenvalue weighted by Gasteiger charge is -2.19. The van der Waals surface area contributed by atoms with Gasteiger partial charge in [0.25, 0.3) is 0 Å². The molecular formula is C8H12BrIN2. The fourth-order valence-corrected chi connectivity index (χ4v) is 2.97. The number of hydrogen-bond acceptors (Lipinski definition) is 1. The molecule has 1 rings (SSSR count). The van der Waals surface area contributed by atoms with E-state index in [4.69, 9.17) is 0 Å². The third-order valence-corrected chi connectivity index (χ3v) is 3.98. The summed E-state index contributed by atoms with van der Waals surface area (Å²) in [4.78, 5) is 0. The molecule has 0 aliphatic carbocycles. The van der Waals surface area contributed by atoms with Gasteiger partial charge < -0.3 is 0 Å². The number of aromatic nitrogens is 2. The summed E-state index contributed by atoms with van der Waals surface area (Å²) in [5.74, 6) is 0. The van der Waals surface area contributed by atoms with Gasteiger partial charge in [0, 0.05) is 12.5 Å². The quantitative estimate of drug-likeness (QED) is 0.662. The van der Waals surface area contributed by atoms with Crippen LogP contribution in [0.2, 0.25) is 0 Å². The van der Waals surface area contributed by atoms with E-state index in [1.165, 1.54) is 9.26 Å². The Balaban J connectivity index is 3.32. The Kier molecular flexibility index (Phi) is 2.88. The van der Waals surface area contributed by atoms with Crippen molar-refractivity contribution in [3.8, 4) is 0 Å². The molecule has 0 atom stereocenters. The summed E-state index contributed by atoms with van der Waals surface area (Å²) in [6.45, 7) is 6.58. The van der Waals surface area contributed by atoms with Crippen molar-refractivity contribution in [2.24, 2.45) is 7.05 Å². The minimum atomic E-state index is 0.157. The molecule has 12 heavy (non-hydrogen) atoms. The minimum Gasteiger partial charge on any atom is -0.270 e. The van der Waals surface area contributed by atoms with Crippen molar-refractivity contribution in [1.82, 2.24) is 9.78 Å². The molecule has 0 aromatic carbocycles. The molecule has 0 bridgehead atoms. The van der Waals surface area contributed by atoms with E-state index in [9.17, 15) is 0 Å². The van der Waals surface area contributed by atoms with Gasteiger partial charge in [0.05, 0.1) is 9.26 Å². The van der Waals surface area contributed by atoms with E-state index in [-0.39, 0.29) is 5.41 Å². The molecule has 1 aromatic heterocycles. The molecule has 0 amide bonds. The zero-order valence-electron chi connectivity index (χ0n) is 7.65. The number of hydrogen-bond donors (Lipinski definition) is 0. The van der Waals surface area contributed by atoms with E-state index in [1.54, 1.807) is 0 Å². The molecule has 68 valence electrons. The Morgan fingerprint density at radius 3 is 2.08 bits per heavy atom. The summed E-state index contributed by atoms with van der Waals surface area (Å²) in [6, 6.07) is 0. The summed E-state index contributed by atoms with van der Waals surface area (Å²) >= 11 is 5.74. The first-order chi connectivity index (χ1) is 5.34. The van der Waals surface area contributed by atoms with E-state index in [2.05, 4.69) is 64.4 Å². The van der Waals surface area contributed by atoms with Gasteiger partial charge in [0.2, 0.25) is 0 Å². The highest BCUT2D eigenvalue weighted by Gasteiger charge is 2.23. The predicted molar refractivity (Wildman–Crippen MR) is 62.3 cm³/mol. The molecule has 0 saturated carbocycles. The van der Waals surface area contributed by atoms with E-state index < -0.39 is 0 Å². The first kappa shape index (κ1) is 10.5. The Hall–Kier alpha value is 0.420. The zero-order chi connectivity index (χ0) is 9.52. The van der Waals surface area contributed by atoms with Gasteiger partial charge >= 0.3 is 0 Å². The lowest BCUT2D eigenvalue weighted by Crippen LogP contribution is -2.17. The third-order valence-electron chi connectivity index (χ3n) is 1.66. The number of aryl methyl sites for hydroxylation is 1. The number of nitrogens with zero attached hydrogens (tertiary/aromatic N) is 2. The van der Waals surface area contributed by atoms with Crippen LogP contribution in [0.15, 0.2) is 4.60 Å². The van der Waals surface area contributed by atoms with Crippen LogP contribution in [0.1, 0.15) is 26.5 Å². The van der Waals surface area contributed by atoms with Gasteiger partial charge in [-0.3, -0.25) is 4.68 Å². The summed E-state index contributed by atoms with van der Waals surface area (Å²) in [5.41, 5.74) is 1.43. The second kappa shape index (κ2) is 3.29. The first-order valence-electron chi connectivity index (χ1n) is 3.72. The SMILES string of the molecule is Cn1nc(Br)c(I)c1C(C)(C)C. The van der Waals surface area contributed by atoms with Crippen molar-refractivity contribution in [3.05, 3.63) is 13.9 Å². The van der Waals surface area contributed by atoms with Crippen molar-refractivity contribution in [2.45, 2.75) is 26.2 Å². The number of halogens is 2. The zero-order valence-corrected chi connectivity index (χ0v) is 11.4. The van der Waals surface area contributed by atoms with Crippen LogP contribution < -0.4 is 0 Å². The van der Waals surface area contributed by atoms with Crippen LogP contribution in [0.4, 0.5) is 0 Å². The topological polar surface area (TPSA) is 17.8 Å². The van der Waals surface area contributed by atoms with Crippen LogP contribution in [0, 0.1) is 3.57 Å². The molecule has 0 radical (unpaired) electrons. The summed E-state index contributed by atoms with van der Waals surface area (Å²) in [7, 11) is 1.98. The van der Waals surface area contributed by atoms with Crippen LogP contribution in [-0.4, -0.2) is 9.78 Å². The lowest BCUT2D eigenvalue weighted by atomic mass is 9.92. The standard InChI is InChI=1S/C8H12BrIN2/c1-8(2,3)6-5(10)7(9)11-12(6)4/h1-4H3. The Labute approximate surface area is 95.0 Å². The van der Waals surface area contributed by atoms with Crippen LogP contribution in [0.3, 0.4) is 0 Å². The maximum absolute atomic E-state index is 4.30. The van der Waals surface area contributed by atoms with Crippen LogP contribution in [0.25, 0.3) is 0 Å². The Morgan fingerprint density at radius 2 is 1.92 bits per heavy atom. The molecular weight excluding hydrogens is 331 g/mol. The van der Waals surface area contributed by atoms with Gasteiger partial charge in [-0.25, -0.2) is 0 Å². The molecule has 1 heterocycles. The summed E-state index contributed by atoms with van der Waals surface area (Å²) in [5, 5.41) is 4.30. The highest BCUT2D eigenvalue weighted by molar-refractivity contribution is 14.1. The Bertz CT molecular complexity index is 299. The van der Waals surface area contributed by atoms with Crippen molar-refractivity contribution >= 4 is 38.5 Å². The molecule has 0 aliphatic rings. The monoisotopic (exact) mass is 342 g/mol. The van der Waals surface area contributed by atoms with E-state index in [0.717, 1.165) is 4.60 Å². The summed E-state index contributed by atoms with van der Waals surface area (Å²) in [6.07, 6.45) is 0. The van der Waals surface area contributed by atoms with E-state index >= 15 is 0 Å².